The molecule has 0 saturated carbocycles. The van der Waals surface area contributed by atoms with E-state index in [1.165, 1.54) is 16.3 Å². The lowest BCUT2D eigenvalue weighted by atomic mass is 9.96. The van der Waals surface area contributed by atoms with Crippen LogP contribution in [0.1, 0.15) is 0 Å². The zero-order valence-electron chi connectivity index (χ0n) is 21.8. The molecule has 2 aromatic heterocycles. The van der Waals surface area contributed by atoms with Gasteiger partial charge in [-0.25, -0.2) is 9.97 Å². The number of hydrogen-bond acceptors (Lipinski definition) is 3. The highest BCUT2D eigenvalue weighted by molar-refractivity contribution is 5.97. The van der Waals surface area contributed by atoms with Crippen LogP contribution in [0.3, 0.4) is 0 Å². The van der Waals surface area contributed by atoms with Gasteiger partial charge in [0.05, 0.1) is 11.4 Å². The maximum atomic E-state index is 5.06. The summed E-state index contributed by atoms with van der Waals surface area (Å²) in [6.07, 6.45) is 3.68. The third kappa shape index (κ3) is 4.65. The van der Waals surface area contributed by atoms with Crippen LogP contribution in [0.5, 0.6) is 0 Å². The molecule has 5 aromatic carbocycles. The Hall–Kier alpha value is -5.41. The SMILES string of the molecule is c1ccc(-c2nc(-c3cccc(-c4cccnc4)c3)cc(-c3cccc(-c4cccc5ccccc45)c3)n2)cc1. The van der Waals surface area contributed by atoms with E-state index in [-0.39, 0.29) is 0 Å². The third-order valence-corrected chi connectivity index (χ3v) is 7.17. The summed E-state index contributed by atoms with van der Waals surface area (Å²) in [5.41, 5.74) is 9.38. The van der Waals surface area contributed by atoms with Crippen molar-refractivity contribution >= 4 is 10.8 Å². The van der Waals surface area contributed by atoms with Crippen LogP contribution < -0.4 is 0 Å². The number of aromatic nitrogens is 3. The Labute approximate surface area is 233 Å². The van der Waals surface area contributed by atoms with Gasteiger partial charge in [0.25, 0.3) is 0 Å². The van der Waals surface area contributed by atoms with E-state index in [4.69, 9.17) is 9.97 Å². The maximum Gasteiger partial charge on any atom is 0.160 e. The third-order valence-electron chi connectivity index (χ3n) is 7.17. The van der Waals surface area contributed by atoms with Crippen molar-refractivity contribution in [3.63, 3.8) is 0 Å². The van der Waals surface area contributed by atoms with Gasteiger partial charge < -0.3 is 0 Å². The summed E-state index contributed by atoms with van der Waals surface area (Å²) in [4.78, 5) is 14.4. The van der Waals surface area contributed by atoms with Crippen molar-refractivity contribution in [2.24, 2.45) is 0 Å². The first-order valence-corrected chi connectivity index (χ1v) is 13.4. The molecule has 0 aliphatic rings. The molecule has 0 N–H and O–H groups in total. The second-order valence-corrected chi connectivity index (χ2v) is 9.76. The molecule has 0 radical (unpaired) electrons. The first kappa shape index (κ1) is 23.7. The molecule has 3 heteroatoms. The van der Waals surface area contributed by atoms with Crippen molar-refractivity contribution in [1.82, 2.24) is 15.0 Å². The normalized spacial score (nSPS) is 11.0. The molecule has 0 aliphatic heterocycles. The van der Waals surface area contributed by atoms with Crippen molar-refractivity contribution in [3.8, 4) is 56.2 Å². The number of fused-ring (bicyclic) bond motifs is 1. The summed E-state index contributed by atoms with van der Waals surface area (Å²) in [6.45, 7) is 0. The zero-order chi connectivity index (χ0) is 26.7. The van der Waals surface area contributed by atoms with Crippen LogP contribution in [-0.2, 0) is 0 Å². The molecular weight excluding hydrogens is 486 g/mol. The molecule has 0 fully saturated rings. The second-order valence-electron chi connectivity index (χ2n) is 9.76. The van der Waals surface area contributed by atoms with Gasteiger partial charge in [0.2, 0.25) is 0 Å². The quantitative estimate of drug-likeness (QED) is 0.231. The Morgan fingerprint density at radius 3 is 1.77 bits per heavy atom. The van der Waals surface area contributed by atoms with Gasteiger partial charge in [-0.2, -0.15) is 0 Å². The van der Waals surface area contributed by atoms with Crippen LogP contribution in [0.2, 0.25) is 0 Å². The summed E-state index contributed by atoms with van der Waals surface area (Å²) < 4.78 is 0. The zero-order valence-corrected chi connectivity index (χ0v) is 21.8. The highest BCUT2D eigenvalue weighted by Crippen LogP contribution is 2.34. The number of rotatable bonds is 5. The number of pyridine rings is 1. The van der Waals surface area contributed by atoms with Gasteiger partial charge in [-0.15, -0.1) is 0 Å². The standard InChI is InChI=1S/C37H25N3/c1-2-11-27(12-3-1)37-39-35(30-16-6-14-28(22-30)32-18-9-21-38-25-32)24-36(40-37)31-17-7-15-29(23-31)34-20-8-13-26-10-4-5-19-33(26)34/h1-25H. The molecule has 188 valence electrons. The molecule has 7 aromatic rings. The minimum Gasteiger partial charge on any atom is -0.264 e. The molecule has 0 atom stereocenters. The highest BCUT2D eigenvalue weighted by Gasteiger charge is 2.13. The van der Waals surface area contributed by atoms with E-state index < -0.39 is 0 Å². The summed E-state index contributed by atoms with van der Waals surface area (Å²) >= 11 is 0. The average molecular weight is 512 g/mol. The van der Waals surface area contributed by atoms with Gasteiger partial charge in [0, 0.05) is 34.6 Å². The van der Waals surface area contributed by atoms with Crippen LogP contribution in [0.15, 0.2) is 152 Å². The predicted molar refractivity (Wildman–Crippen MR) is 165 cm³/mol. The largest absolute Gasteiger partial charge is 0.264 e. The van der Waals surface area contributed by atoms with Gasteiger partial charge in [-0.3, -0.25) is 4.98 Å². The molecule has 0 bridgehead atoms. The van der Waals surface area contributed by atoms with Crippen LogP contribution in [-0.4, -0.2) is 15.0 Å². The molecule has 0 amide bonds. The summed E-state index contributed by atoms with van der Waals surface area (Å²) in [5, 5.41) is 2.47. The van der Waals surface area contributed by atoms with Crippen molar-refractivity contribution in [2.75, 3.05) is 0 Å². The Balaban J connectivity index is 1.38. The summed E-state index contributed by atoms with van der Waals surface area (Å²) in [7, 11) is 0. The topological polar surface area (TPSA) is 38.7 Å². The van der Waals surface area contributed by atoms with E-state index in [1.807, 2.05) is 30.5 Å². The molecule has 0 unspecified atom stereocenters. The Kier molecular flexibility index (Phi) is 6.15. The highest BCUT2D eigenvalue weighted by atomic mass is 14.9. The first-order valence-electron chi connectivity index (χ1n) is 13.4. The van der Waals surface area contributed by atoms with Crippen molar-refractivity contribution < 1.29 is 0 Å². The fraction of sp³-hybridized carbons (Fsp3) is 0. The molecular formula is C37H25N3. The fourth-order valence-corrected chi connectivity index (χ4v) is 5.17. The monoisotopic (exact) mass is 511 g/mol. The van der Waals surface area contributed by atoms with Crippen LogP contribution in [0, 0.1) is 0 Å². The van der Waals surface area contributed by atoms with Crippen LogP contribution >= 0.6 is 0 Å². The number of benzene rings is 5. The molecule has 40 heavy (non-hydrogen) atoms. The number of hydrogen-bond donors (Lipinski definition) is 0. The van der Waals surface area contributed by atoms with Crippen LogP contribution in [0.4, 0.5) is 0 Å². The van der Waals surface area contributed by atoms with Gasteiger partial charge >= 0.3 is 0 Å². The molecule has 0 aliphatic carbocycles. The van der Waals surface area contributed by atoms with E-state index in [9.17, 15) is 0 Å². The predicted octanol–water partition coefficient (Wildman–Crippen LogP) is 9.36. The lowest BCUT2D eigenvalue weighted by Gasteiger charge is -2.12. The molecule has 0 saturated heterocycles. The molecule has 3 nitrogen and oxygen atoms in total. The Morgan fingerprint density at radius 2 is 1.00 bits per heavy atom. The van der Waals surface area contributed by atoms with Crippen molar-refractivity contribution in [1.29, 1.82) is 0 Å². The minimum atomic E-state index is 0.704. The van der Waals surface area contributed by atoms with Gasteiger partial charge in [-0.05, 0) is 51.7 Å². The summed E-state index contributed by atoms with van der Waals surface area (Å²) in [5.74, 6) is 0.704. The van der Waals surface area contributed by atoms with E-state index in [2.05, 4.69) is 120 Å². The lowest BCUT2D eigenvalue weighted by molar-refractivity contribution is 1.18. The Morgan fingerprint density at radius 1 is 0.400 bits per heavy atom. The lowest BCUT2D eigenvalue weighted by Crippen LogP contribution is -1.96. The molecule has 0 spiro atoms. The van der Waals surface area contributed by atoms with Crippen LogP contribution in [0.25, 0.3) is 66.9 Å². The molecule has 2 heterocycles. The van der Waals surface area contributed by atoms with Gasteiger partial charge in [0.15, 0.2) is 5.82 Å². The van der Waals surface area contributed by atoms with E-state index >= 15 is 0 Å². The first-order chi connectivity index (χ1) is 19.8. The second kappa shape index (κ2) is 10.4. The van der Waals surface area contributed by atoms with Gasteiger partial charge in [-0.1, -0.05) is 115 Å². The smallest absolute Gasteiger partial charge is 0.160 e. The van der Waals surface area contributed by atoms with E-state index in [0.29, 0.717) is 5.82 Å². The van der Waals surface area contributed by atoms with Crippen molar-refractivity contribution in [2.45, 2.75) is 0 Å². The maximum absolute atomic E-state index is 5.06. The average Bonchev–Trinajstić information content (AvgIpc) is 3.05. The molecule has 7 rings (SSSR count). The minimum absolute atomic E-state index is 0.704. The fourth-order valence-electron chi connectivity index (χ4n) is 5.17. The van der Waals surface area contributed by atoms with E-state index in [1.54, 1.807) is 6.20 Å². The van der Waals surface area contributed by atoms with Crippen molar-refractivity contribution in [3.05, 3.63) is 152 Å². The summed E-state index contributed by atoms with van der Waals surface area (Å²) in [6, 6.07) is 48.4. The number of nitrogens with zero attached hydrogens (tertiary/aromatic N) is 3. The van der Waals surface area contributed by atoms with Gasteiger partial charge in [0.1, 0.15) is 0 Å². The Bertz CT molecular complexity index is 1940. The van der Waals surface area contributed by atoms with E-state index in [0.717, 1.165) is 44.8 Å².